The number of aryl methyl sites for hydroxylation is 1. The zero-order chi connectivity index (χ0) is 16.0. The molecule has 114 valence electrons. The van der Waals surface area contributed by atoms with E-state index in [1.54, 1.807) is 18.2 Å². The van der Waals surface area contributed by atoms with Crippen LogP contribution < -0.4 is 9.88 Å². The molecule has 0 unspecified atom stereocenters. The van der Waals surface area contributed by atoms with Crippen LogP contribution in [0.5, 0.6) is 0 Å². The van der Waals surface area contributed by atoms with Gasteiger partial charge >= 0.3 is 17.9 Å². The van der Waals surface area contributed by atoms with Crippen molar-refractivity contribution >= 4 is 40.1 Å². The van der Waals surface area contributed by atoms with Crippen LogP contribution in [0.4, 0.5) is 12.0 Å². The predicted octanol–water partition coefficient (Wildman–Crippen LogP) is 2.58. The smallest absolute Gasteiger partial charge is 0.365 e. The number of aromatic amines is 1. The first-order valence-corrected chi connectivity index (χ1v) is 6.99. The van der Waals surface area contributed by atoms with Crippen LogP contribution in [0.15, 0.2) is 46.9 Å². The van der Waals surface area contributed by atoms with E-state index in [0.717, 1.165) is 11.0 Å². The molecule has 3 N–H and O–H groups in total. The molecule has 7 nitrogen and oxygen atoms in total. The summed E-state index contributed by atoms with van der Waals surface area (Å²) in [6.45, 7) is 0. The molecule has 0 saturated heterocycles. The van der Waals surface area contributed by atoms with Crippen molar-refractivity contribution in [2.75, 3.05) is 5.32 Å². The fraction of sp³-hybridized carbons (Fsp3) is 0.0625. The third kappa shape index (κ3) is 2.18. The lowest BCUT2D eigenvalue weighted by Crippen LogP contribution is -2.29. The zero-order valence-corrected chi connectivity index (χ0v) is 12.2. The average Bonchev–Trinajstić information content (AvgIpc) is 3.08. The van der Waals surface area contributed by atoms with Gasteiger partial charge in [0, 0.05) is 0 Å². The van der Waals surface area contributed by atoms with Gasteiger partial charge < -0.3 is 9.52 Å². The molecule has 0 aliphatic heterocycles. The van der Waals surface area contributed by atoms with Gasteiger partial charge in [-0.15, -0.1) is 0 Å². The highest BCUT2D eigenvalue weighted by Crippen LogP contribution is 2.21. The van der Waals surface area contributed by atoms with Gasteiger partial charge in [0.1, 0.15) is 16.6 Å². The summed E-state index contributed by atoms with van der Waals surface area (Å²) in [5, 5.41) is 12.2. The Labute approximate surface area is 130 Å². The van der Waals surface area contributed by atoms with Crippen molar-refractivity contribution < 1.29 is 18.9 Å². The maximum atomic E-state index is 11.1. The van der Waals surface area contributed by atoms with Crippen LogP contribution >= 0.6 is 0 Å². The number of para-hydroxylation sites is 2. The molecule has 2 aromatic carbocycles. The van der Waals surface area contributed by atoms with Crippen LogP contribution in [0.1, 0.15) is 10.4 Å². The van der Waals surface area contributed by atoms with E-state index in [-0.39, 0.29) is 5.56 Å². The van der Waals surface area contributed by atoms with Gasteiger partial charge in [0.15, 0.2) is 5.58 Å². The number of carboxylic acids is 1. The summed E-state index contributed by atoms with van der Waals surface area (Å²) >= 11 is 0. The fourth-order valence-corrected chi connectivity index (χ4v) is 2.54. The summed E-state index contributed by atoms with van der Waals surface area (Å²) in [4.78, 5) is 18.6. The number of anilines is 2. The van der Waals surface area contributed by atoms with Gasteiger partial charge in [-0.05, 0) is 30.3 Å². The lowest BCUT2D eigenvalue weighted by atomic mass is 10.2. The van der Waals surface area contributed by atoms with E-state index in [0.29, 0.717) is 23.1 Å². The van der Waals surface area contributed by atoms with E-state index in [1.165, 1.54) is 0 Å². The topological polar surface area (TPSA) is 95.0 Å². The highest BCUT2D eigenvalue weighted by Gasteiger charge is 2.18. The number of hydrogen-bond acceptors (Lipinski definition) is 4. The molecule has 0 aliphatic rings. The SMILES string of the molecule is C[n+]1c(Nc2nc3ccccc3o2)[nH]c2cc(C(=O)O)ccc21. The summed E-state index contributed by atoms with van der Waals surface area (Å²) in [6.07, 6.45) is 0. The Kier molecular flexibility index (Phi) is 2.80. The Hall–Kier alpha value is -3.35. The van der Waals surface area contributed by atoms with E-state index in [1.807, 2.05) is 35.9 Å². The lowest BCUT2D eigenvalue weighted by Gasteiger charge is -1.94. The monoisotopic (exact) mass is 309 g/mol. The van der Waals surface area contributed by atoms with Crippen LogP contribution in [-0.2, 0) is 7.05 Å². The Bertz CT molecular complexity index is 1020. The molecule has 4 aromatic rings. The normalized spacial score (nSPS) is 11.2. The molecule has 4 rings (SSSR count). The molecule has 0 atom stereocenters. The van der Waals surface area contributed by atoms with Crippen LogP contribution in [0, 0.1) is 0 Å². The first kappa shape index (κ1) is 13.3. The number of aromatic carboxylic acids is 1. The van der Waals surface area contributed by atoms with Crippen LogP contribution in [0.2, 0.25) is 0 Å². The number of hydrogen-bond donors (Lipinski definition) is 3. The number of nitrogens with zero attached hydrogens (tertiary/aromatic N) is 2. The highest BCUT2D eigenvalue weighted by molar-refractivity contribution is 5.92. The van der Waals surface area contributed by atoms with Crippen molar-refractivity contribution in [1.82, 2.24) is 9.97 Å². The number of rotatable bonds is 3. The Balaban J connectivity index is 1.76. The molecule has 2 aromatic heterocycles. The molecular weight excluding hydrogens is 296 g/mol. The Morgan fingerprint density at radius 1 is 1.30 bits per heavy atom. The van der Waals surface area contributed by atoms with E-state index in [9.17, 15) is 4.79 Å². The Morgan fingerprint density at radius 2 is 2.13 bits per heavy atom. The van der Waals surface area contributed by atoms with Crippen molar-refractivity contribution in [3.8, 4) is 0 Å². The molecule has 0 radical (unpaired) electrons. The van der Waals surface area contributed by atoms with Crippen molar-refractivity contribution in [1.29, 1.82) is 0 Å². The average molecular weight is 309 g/mol. The molecule has 23 heavy (non-hydrogen) atoms. The molecule has 7 heteroatoms. The second kappa shape index (κ2) is 4.84. The minimum atomic E-state index is -0.961. The number of imidazole rings is 1. The number of nitrogens with one attached hydrogen (secondary N) is 2. The number of fused-ring (bicyclic) bond motifs is 2. The van der Waals surface area contributed by atoms with E-state index in [2.05, 4.69) is 15.3 Å². The molecular formula is C16H13N4O3+. The number of aromatic nitrogens is 3. The predicted molar refractivity (Wildman–Crippen MR) is 83.7 cm³/mol. The second-order valence-corrected chi connectivity index (χ2v) is 5.18. The fourth-order valence-electron chi connectivity index (χ4n) is 2.54. The molecule has 0 fully saturated rings. The van der Waals surface area contributed by atoms with Gasteiger partial charge in [-0.25, -0.2) is 14.3 Å². The summed E-state index contributed by atoms with van der Waals surface area (Å²) in [6, 6.07) is 12.8. The van der Waals surface area contributed by atoms with E-state index < -0.39 is 5.97 Å². The number of carbonyl (C=O) groups is 1. The van der Waals surface area contributed by atoms with Crippen LogP contribution in [0.25, 0.3) is 22.1 Å². The number of H-pyrrole nitrogens is 1. The first-order valence-electron chi connectivity index (χ1n) is 6.99. The molecule has 0 amide bonds. The minimum Gasteiger partial charge on any atom is -0.478 e. The summed E-state index contributed by atoms with van der Waals surface area (Å²) in [5.41, 5.74) is 3.27. The van der Waals surface area contributed by atoms with Crippen molar-refractivity contribution in [2.24, 2.45) is 7.05 Å². The van der Waals surface area contributed by atoms with Gasteiger partial charge in [-0.2, -0.15) is 10.3 Å². The molecule has 0 saturated carbocycles. The minimum absolute atomic E-state index is 0.229. The quantitative estimate of drug-likeness (QED) is 0.506. The van der Waals surface area contributed by atoms with Crippen molar-refractivity contribution in [3.05, 3.63) is 48.0 Å². The van der Waals surface area contributed by atoms with Gasteiger partial charge in [0.2, 0.25) is 0 Å². The maximum absolute atomic E-state index is 11.1. The van der Waals surface area contributed by atoms with Gasteiger partial charge in [-0.1, -0.05) is 12.1 Å². The van der Waals surface area contributed by atoms with Gasteiger partial charge in [-0.3, -0.25) is 0 Å². The maximum Gasteiger partial charge on any atom is 0.365 e. The molecule has 0 bridgehead atoms. The third-order valence-electron chi connectivity index (χ3n) is 3.71. The van der Waals surface area contributed by atoms with Crippen LogP contribution in [0.3, 0.4) is 0 Å². The zero-order valence-electron chi connectivity index (χ0n) is 12.2. The van der Waals surface area contributed by atoms with Gasteiger partial charge in [0.25, 0.3) is 0 Å². The summed E-state index contributed by atoms with van der Waals surface area (Å²) in [7, 11) is 1.87. The third-order valence-corrected chi connectivity index (χ3v) is 3.71. The van der Waals surface area contributed by atoms with Crippen molar-refractivity contribution in [3.63, 3.8) is 0 Å². The van der Waals surface area contributed by atoms with Gasteiger partial charge in [0.05, 0.1) is 12.6 Å². The molecule has 0 spiro atoms. The first-order chi connectivity index (χ1) is 11.1. The Morgan fingerprint density at radius 3 is 2.91 bits per heavy atom. The standard InChI is InChI=1S/C16H12N4O3/c1-20-12-7-6-9(14(21)22)8-11(12)17-15(20)19-16-18-10-4-2-3-5-13(10)23-16/h2-8H,1H3,(H2,17,18,19,21,22)/p+1. The number of oxazole rings is 1. The molecule has 0 aliphatic carbocycles. The van der Waals surface area contributed by atoms with E-state index >= 15 is 0 Å². The largest absolute Gasteiger partial charge is 0.478 e. The van der Waals surface area contributed by atoms with Crippen LogP contribution in [-0.4, -0.2) is 21.0 Å². The number of benzene rings is 2. The molecule has 2 heterocycles. The lowest BCUT2D eigenvalue weighted by molar-refractivity contribution is -0.629. The summed E-state index contributed by atoms with van der Waals surface area (Å²) in [5.74, 6) is -0.313. The van der Waals surface area contributed by atoms with Crippen molar-refractivity contribution in [2.45, 2.75) is 0 Å². The second-order valence-electron chi connectivity index (χ2n) is 5.18. The van der Waals surface area contributed by atoms with E-state index in [4.69, 9.17) is 9.52 Å². The summed E-state index contributed by atoms with van der Waals surface area (Å²) < 4.78 is 7.51. The number of carboxylic acid groups (broad SMARTS) is 1. The highest BCUT2D eigenvalue weighted by atomic mass is 16.4.